The van der Waals surface area contributed by atoms with Gasteiger partial charge in [0.25, 0.3) is 0 Å². The van der Waals surface area contributed by atoms with Crippen LogP contribution in [0.5, 0.6) is 0 Å². The van der Waals surface area contributed by atoms with Gasteiger partial charge in [-0.1, -0.05) is 19.9 Å². The van der Waals surface area contributed by atoms with E-state index in [2.05, 4.69) is 26.8 Å². The molecule has 0 N–H and O–H groups in total. The van der Waals surface area contributed by atoms with Crippen molar-refractivity contribution in [3.05, 3.63) is 11.6 Å². The normalized spacial score (nSPS) is 14.9. The van der Waals surface area contributed by atoms with Crippen LogP contribution in [-0.4, -0.2) is 24.3 Å². The van der Waals surface area contributed by atoms with Gasteiger partial charge in [-0.3, -0.25) is 4.79 Å². The topological polar surface area (TPSA) is 35.5 Å². The van der Waals surface area contributed by atoms with Crippen LogP contribution in [0.2, 0.25) is 0 Å². The van der Waals surface area contributed by atoms with Crippen LogP contribution in [0, 0.1) is 5.92 Å². The van der Waals surface area contributed by atoms with E-state index in [1.165, 1.54) is 12.5 Å². The Kier molecular flexibility index (Phi) is 6.46. The van der Waals surface area contributed by atoms with Crippen molar-refractivity contribution in [2.75, 3.05) is 6.61 Å². The van der Waals surface area contributed by atoms with E-state index >= 15 is 0 Å². The number of esters is 1. The smallest absolute Gasteiger partial charge is 0.302 e. The maximum atomic E-state index is 10.8. The fourth-order valence-corrected chi connectivity index (χ4v) is 1.54. The Hall–Kier alpha value is -0.830. The molecule has 0 aromatic carbocycles. The summed E-state index contributed by atoms with van der Waals surface area (Å²) in [6, 6.07) is 0. The highest BCUT2D eigenvalue weighted by molar-refractivity contribution is 5.65. The zero-order chi connectivity index (χ0) is 13.6. The maximum Gasteiger partial charge on any atom is 0.302 e. The molecular weight excluding hydrogens is 216 g/mol. The average Bonchev–Trinajstić information content (AvgIpc) is 2.13. The first kappa shape index (κ1) is 16.2. The van der Waals surface area contributed by atoms with Crippen molar-refractivity contribution >= 4 is 5.97 Å². The molecule has 0 saturated carbocycles. The standard InChI is InChI=1S/C14H26O3/c1-10(2)8-11(3)12(4)17-14(6,7)9-16-13(5)15/h8,10,12H,9H2,1-7H3. The molecule has 0 aliphatic heterocycles. The highest BCUT2D eigenvalue weighted by atomic mass is 16.6. The molecule has 0 aliphatic carbocycles. The summed E-state index contributed by atoms with van der Waals surface area (Å²) in [5.74, 6) is 0.237. The fourth-order valence-electron chi connectivity index (χ4n) is 1.54. The van der Waals surface area contributed by atoms with Crippen molar-refractivity contribution in [1.82, 2.24) is 0 Å². The van der Waals surface area contributed by atoms with Gasteiger partial charge in [-0.2, -0.15) is 0 Å². The Morgan fingerprint density at radius 2 is 1.76 bits per heavy atom. The zero-order valence-corrected chi connectivity index (χ0v) is 12.2. The summed E-state index contributed by atoms with van der Waals surface area (Å²) in [6.45, 7) is 13.9. The second-order valence-electron chi connectivity index (χ2n) is 5.45. The summed E-state index contributed by atoms with van der Waals surface area (Å²) < 4.78 is 10.9. The van der Waals surface area contributed by atoms with Crippen LogP contribution in [0.15, 0.2) is 11.6 Å². The molecule has 0 aromatic heterocycles. The number of hydrogen-bond donors (Lipinski definition) is 0. The predicted octanol–water partition coefficient (Wildman–Crippen LogP) is 3.34. The number of hydrogen-bond acceptors (Lipinski definition) is 3. The monoisotopic (exact) mass is 242 g/mol. The predicted molar refractivity (Wildman–Crippen MR) is 69.9 cm³/mol. The largest absolute Gasteiger partial charge is 0.463 e. The number of ether oxygens (including phenoxy) is 2. The molecule has 0 heterocycles. The Bertz CT molecular complexity index is 277. The summed E-state index contributed by atoms with van der Waals surface area (Å²) in [7, 11) is 0. The number of carbonyl (C=O) groups excluding carboxylic acids is 1. The third kappa shape index (κ3) is 7.97. The van der Waals surface area contributed by atoms with Crippen LogP contribution >= 0.6 is 0 Å². The van der Waals surface area contributed by atoms with Gasteiger partial charge in [-0.05, 0) is 39.2 Å². The van der Waals surface area contributed by atoms with E-state index in [1.807, 2.05) is 20.8 Å². The van der Waals surface area contributed by atoms with Crippen molar-refractivity contribution < 1.29 is 14.3 Å². The van der Waals surface area contributed by atoms with Gasteiger partial charge in [0.2, 0.25) is 0 Å². The molecule has 0 aromatic rings. The Morgan fingerprint density at radius 3 is 2.18 bits per heavy atom. The van der Waals surface area contributed by atoms with Crippen LogP contribution in [-0.2, 0) is 14.3 Å². The van der Waals surface area contributed by atoms with Gasteiger partial charge in [0.1, 0.15) is 6.61 Å². The van der Waals surface area contributed by atoms with E-state index in [4.69, 9.17) is 9.47 Å². The van der Waals surface area contributed by atoms with Gasteiger partial charge in [0.05, 0.1) is 11.7 Å². The second-order valence-corrected chi connectivity index (χ2v) is 5.45. The van der Waals surface area contributed by atoms with Gasteiger partial charge < -0.3 is 9.47 Å². The van der Waals surface area contributed by atoms with E-state index in [-0.39, 0.29) is 18.7 Å². The fraction of sp³-hybridized carbons (Fsp3) is 0.786. The minimum atomic E-state index is -0.461. The molecule has 0 amide bonds. The summed E-state index contributed by atoms with van der Waals surface area (Å²) >= 11 is 0. The molecule has 17 heavy (non-hydrogen) atoms. The van der Waals surface area contributed by atoms with E-state index in [9.17, 15) is 4.79 Å². The summed E-state index contributed by atoms with van der Waals surface area (Å²) in [6.07, 6.45) is 2.22. The van der Waals surface area contributed by atoms with Crippen molar-refractivity contribution in [3.63, 3.8) is 0 Å². The average molecular weight is 242 g/mol. The quantitative estimate of drug-likeness (QED) is 0.529. The number of carbonyl (C=O) groups is 1. The highest BCUT2D eigenvalue weighted by Gasteiger charge is 2.23. The minimum absolute atomic E-state index is 0.0305. The van der Waals surface area contributed by atoms with Gasteiger partial charge >= 0.3 is 5.97 Å². The first-order chi connectivity index (χ1) is 7.64. The molecule has 0 bridgehead atoms. The van der Waals surface area contributed by atoms with Crippen LogP contribution < -0.4 is 0 Å². The molecule has 100 valence electrons. The van der Waals surface area contributed by atoms with Gasteiger partial charge in [0.15, 0.2) is 0 Å². The van der Waals surface area contributed by atoms with E-state index in [0.29, 0.717) is 5.92 Å². The van der Waals surface area contributed by atoms with Crippen LogP contribution in [0.3, 0.4) is 0 Å². The zero-order valence-electron chi connectivity index (χ0n) is 12.2. The summed E-state index contributed by atoms with van der Waals surface area (Å²) in [5.41, 5.74) is 0.743. The lowest BCUT2D eigenvalue weighted by atomic mass is 10.1. The molecule has 1 unspecified atom stereocenters. The first-order valence-corrected chi connectivity index (χ1v) is 6.13. The van der Waals surface area contributed by atoms with Crippen molar-refractivity contribution in [2.45, 2.75) is 60.2 Å². The van der Waals surface area contributed by atoms with Gasteiger partial charge in [0, 0.05) is 6.92 Å². The molecule has 0 spiro atoms. The van der Waals surface area contributed by atoms with Crippen LogP contribution in [0.1, 0.15) is 48.5 Å². The third-order valence-corrected chi connectivity index (χ3v) is 2.36. The van der Waals surface area contributed by atoms with Crippen LogP contribution in [0.25, 0.3) is 0 Å². The maximum absolute atomic E-state index is 10.8. The Morgan fingerprint density at radius 1 is 1.24 bits per heavy atom. The van der Waals surface area contributed by atoms with Crippen molar-refractivity contribution in [3.8, 4) is 0 Å². The molecular formula is C14H26O3. The minimum Gasteiger partial charge on any atom is -0.463 e. The van der Waals surface area contributed by atoms with Crippen molar-refractivity contribution in [2.24, 2.45) is 5.92 Å². The van der Waals surface area contributed by atoms with E-state index in [0.717, 1.165) is 0 Å². The Balaban J connectivity index is 4.35. The summed E-state index contributed by atoms with van der Waals surface area (Å²) in [5, 5.41) is 0. The van der Waals surface area contributed by atoms with E-state index < -0.39 is 5.60 Å². The number of allylic oxidation sites excluding steroid dienone is 1. The second kappa shape index (κ2) is 6.80. The lowest BCUT2D eigenvalue weighted by Crippen LogP contribution is -2.35. The molecule has 0 aliphatic rings. The van der Waals surface area contributed by atoms with Crippen LogP contribution in [0.4, 0.5) is 0 Å². The highest BCUT2D eigenvalue weighted by Crippen LogP contribution is 2.18. The van der Waals surface area contributed by atoms with Crippen molar-refractivity contribution in [1.29, 1.82) is 0 Å². The molecule has 3 nitrogen and oxygen atoms in total. The molecule has 0 radical (unpaired) electrons. The molecule has 0 rings (SSSR count). The summed E-state index contributed by atoms with van der Waals surface area (Å²) in [4.78, 5) is 10.8. The number of rotatable bonds is 6. The SMILES string of the molecule is CC(=O)OCC(C)(C)OC(C)C(C)=CC(C)C. The van der Waals surface area contributed by atoms with E-state index in [1.54, 1.807) is 0 Å². The molecule has 0 fully saturated rings. The third-order valence-electron chi connectivity index (χ3n) is 2.36. The van der Waals surface area contributed by atoms with Gasteiger partial charge in [-0.15, -0.1) is 0 Å². The van der Waals surface area contributed by atoms with Gasteiger partial charge in [-0.25, -0.2) is 0 Å². The lowest BCUT2D eigenvalue weighted by molar-refractivity contribution is -0.153. The first-order valence-electron chi connectivity index (χ1n) is 6.13. The molecule has 0 saturated heterocycles. The molecule has 3 heteroatoms. The molecule has 1 atom stereocenters. The lowest BCUT2D eigenvalue weighted by Gasteiger charge is -2.29. The Labute approximate surface area is 105 Å².